The minimum Gasteiger partial charge on any atom is -0.348 e. The number of carbonyl (C=O) groups excluding carboxylic acids is 1. The molecule has 1 aromatic rings. The Bertz CT molecular complexity index is 349. The van der Waals surface area contributed by atoms with Crippen LogP contribution in [0.1, 0.15) is 32.5 Å². The van der Waals surface area contributed by atoms with Crippen LogP contribution >= 0.6 is 0 Å². The molecule has 3 N–H and O–H groups in total. The maximum atomic E-state index is 11.9. The summed E-state index contributed by atoms with van der Waals surface area (Å²) in [5.41, 5.74) is 5.86. The highest BCUT2D eigenvalue weighted by Crippen LogP contribution is 2.16. The van der Waals surface area contributed by atoms with Crippen LogP contribution in [0.4, 0.5) is 0 Å². The van der Waals surface area contributed by atoms with Gasteiger partial charge in [0.25, 0.3) is 0 Å². The number of rotatable bonds is 4. The SMILES string of the molecule is C[C@H](NC(=O)C(C)(C)CN)c1ccccn1. The molecular weight excluding hydrogens is 202 g/mol. The highest BCUT2D eigenvalue weighted by molar-refractivity contribution is 5.82. The number of hydrogen-bond acceptors (Lipinski definition) is 3. The van der Waals surface area contributed by atoms with Crippen molar-refractivity contribution < 1.29 is 4.79 Å². The minimum atomic E-state index is -0.539. The summed E-state index contributed by atoms with van der Waals surface area (Å²) in [6.07, 6.45) is 1.71. The van der Waals surface area contributed by atoms with Crippen LogP contribution in [-0.4, -0.2) is 17.4 Å². The lowest BCUT2D eigenvalue weighted by atomic mass is 9.92. The molecule has 1 heterocycles. The Kier molecular flexibility index (Phi) is 4.01. The highest BCUT2D eigenvalue weighted by Gasteiger charge is 2.27. The molecule has 0 saturated heterocycles. The number of nitrogens with zero attached hydrogens (tertiary/aromatic N) is 1. The van der Waals surface area contributed by atoms with Crippen molar-refractivity contribution >= 4 is 5.91 Å². The molecule has 1 aromatic heterocycles. The lowest BCUT2D eigenvalue weighted by Gasteiger charge is -2.24. The molecule has 4 nitrogen and oxygen atoms in total. The van der Waals surface area contributed by atoms with Crippen molar-refractivity contribution in [1.29, 1.82) is 0 Å². The van der Waals surface area contributed by atoms with E-state index in [1.165, 1.54) is 0 Å². The van der Waals surface area contributed by atoms with Crippen LogP contribution in [-0.2, 0) is 4.79 Å². The van der Waals surface area contributed by atoms with Gasteiger partial charge in [0.05, 0.1) is 17.2 Å². The average molecular weight is 221 g/mol. The maximum Gasteiger partial charge on any atom is 0.227 e. The van der Waals surface area contributed by atoms with Crippen LogP contribution in [0.25, 0.3) is 0 Å². The van der Waals surface area contributed by atoms with Gasteiger partial charge in [-0.2, -0.15) is 0 Å². The molecule has 4 heteroatoms. The van der Waals surface area contributed by atoms with Gasteiger partial charge in [-0.15, -0.1) is 0 Å². The fraction of sp³-hybridized carbons (Fsp3) is 0.500. The van der Waals surface area contributed by atoms with Gasteiger partial charge < -0.3 is 11.1 Å². The predicted molar refractivity (Wildman–Crippen MR) is 63.6 cm³/mol. The zero-order chi connectivity index (χ0) is 12.2. The van der Waals surface area contributed by atoms with Crippen LogP contribution in [0.15, 0.2) is 24.4 Å². The first-order valence-corrected chi connectivity index (χ1v) is 5.39. The molecule has 0 spiro atoms. The topological polar surface area (TPSA) is 68.0 Å². The molecule has 0 aromatic carbocycles. The zero-order valence-electron chi connectivity index (χ0n) is 10.0. The van der Waals surface area contributed by atoms with E-state index < -0.39 is 5.41 Å². The minimum absolute atomic E-state index is 0.0480. The van der Waals surface area contributed by atoms with Crippen molar-refractivity contribution in [2.24, 2.45) is 11.1 Å². The van der Waals surface area contributed by atoms with E-state index in [4.69, 9.17) is 5.73 Å². The van der Waals surface area contributed by atoms with Gasteiger partial charge in [-0.25, -0.2) is 0 Å². The molecule has 0 fully saturated rings. The van der Waals surface area contributed by atoms with E-state index >= 15 is 0 Å². The first-order chi connectivity index (χ1) is 7.47. The Morgan fingerprint density at radius 1 is 1.56 bits per heavy atom. The molecular formula is C12H19N3O. The van der Waals surface area contributed by atoms with Gasteiger partial charge in [0.1, 0.15) is 0 Å². The number of pyridine rings is 1. The van der Waals surface area contributed by atoms with E-state index in [0.717, 1.165) is 5.69 Å². The van der Waals surface area contributed by atoms with Crippen LogP contribution < -0.4 is 11.1 Å². The third-order valence-electron chi connectivity index (χ3n) is 2.60. The van der Waals surface area contributed by atoms with Gasteiger partial charge in [-0.1, -0.05) is 6.07 Å². The van der Waals surface area contributed by atoms with E-state index in [9.17, 15) is 4.79 Å². The standard InChI is InChI=1S/C12H19N3O/c1-9(10-6-4-5-7-14-10)15-11(16)12(2,3)8-13/h4-7,9H,8,13H2,1-3H3,(H,15,16)/t9-/m0/s1. The molecule has 0 aliphatic heterocycles. The van der Waals surface area contributed by atoms with Crippen molar-refractivity contribution in [2.75, 3.05) is 6.54 Å². The average Bonchev–Trinajstić information content (AvgIpc) is 2.30. The summed E-state index contributed by atoms with van der Waals surface area (Å²) in [6.45, 7) is 5.89. The molecule has 88 valence electrons. The van der Waals surface area contributed by atoms with Crippen molar-refractivity contribution in [1.82, 2.24) is 10.3 Å². The second-order valence-corrected chi connectivity index (χ2v) is 4.54. The van der Waals surface area contributed by atoms with Crippen molar-refractivity contribution in [2.45, 2.75) is 26.8 Å². The largest absolute Gasteiger partial charge is 0.348 e. The second kappa shape index (κ2) is 5.07. The van der Waals surface area contributed by atoms with Crippen molar-refractivity contribution in [3.8, 4) is 0 Å². The number of nitrogens with two attached hydrogens (primary N) is 1. The highest BCUT2D eigenvalue weighted by atomic mass is 16.2. The van der Waals surface area contributed by atoms with Crippen LogP contribution in [0.5, 0.6) is 0 Å². The first kappa shape index (κ1) is 12.6. The Balaban J connectivity index is 2.66. The predicted octanol–water partition coefficient (Wildman–Crippen LogP) is 1.24. The Labute approximate surface area is 96.3 Å². The summed E-state index contributed by atoms with van der Waals surface area (Å²) in [5.74, 6) is -0.0480. The summed E-state index contributed by atoms with van der Waals surface area (Å²) in [5, 5.41) is 2.91. The van der Waals surface area contributed by atoms with Gasteiger partial charge in [-0.05, 0) is 32.9 Å². The lowest BCUT2D eigenvalue weighted by Crippen LogP contribution is -2.42. The number of hydrogen-bond donors (Lipinski definition) is 2. The van der Waals surface area contributed by atoms with E-state index in [2.05, 4.69) is 10.3 Å². The summed E-state index contributed by atoms with van der Waals surface area (Å²) >= 11 is 0. The smallest absolute Gasteiger partial charge is 0.227 e. The van der Waals surface area contributed by atoms with Crippen molar-refractivity contribution in [3.63, 3.8) is 0 Å². The maximum absolute atomic E-state index is 11.9. The molecule has 0 saturated carbocycles. The number of nitrogens with one attached hydrogen (secondary N) is 1. The number of aromatic nitrogens is 1. The third-order valence-corrected chi connectivity index (χ3v) is 2.60. The van der Waals surface area contributed by atoms with Crippen LogP contribution in [0, 0.1) is 5.41 Å². The summed E-state index contributed by atoms with van der Waals surface area (Å²) in [6, 6.07) is 5.54. The fourth-order valence-corrected chi connectivity index (χ4v) is 1.19. The molecule has 0 unspecified atom stereocenters. The second-order valence-electron chi connectivity index (χ2n) is 4.54. The summed E-state index contributed by atoms with van der Waals surface area (Å²) in [4.78, 5) is 16.1. The fourth-order valence-electron chi connectivity index (χ4n) is 1.19. The van der Waals surface area contributed by atoms with Gasteiger partial charge in [0, 0.05) is 12.7 Å². The number of amides is 1. The van der Waals surface area contributed by atoms with Gasteiger partial charge in [-0.3, -0.25) is 9.78 Å². The molecule has 1 amide bonds. The molecule has 0 aliphatic carbocycles. The lowest BCUT2D eigenvalue weighted by molar-refractivity contribution is -0.129. The van der Waals surface area contributed by atoms with E-state index in [1.807, 2.05) is 39.0 Å². The first-order valence-electron chi connectivity index (χ1n) is 5.39. The van der Waals surface area contributed by atoms with Crippen molar-refractivity contribution in [3.05, 3.63) is 30.1 Å². The molecule has 1 atom stereocenters. The van der Waals surface area contributed by atoms with E-state index in [0.29, 0.717) is 6.54 Å². The molecule has 16 heavy (non-hydrogen) atoms. The Morgan fingerprint density at radius 3 is 2.75 bits per heavy atom. The molecule has 0 bridgehead atoms. The van der Waals surface area contributed by atoms with E-state index in [-0.39, 0.29) is 11.9 Å². The molecule has 0 radical (unpaired) electrons. The van der Waals surface area contributed by atoms with Crippen LogP contribution in [0.3, 0.4) is 0 Å². The monoisotopic (exact) mass is 221 g/mol. The Hall–Kier alpha value is -1.42. The quantitative estimate of drug-likeness (QED) is 0.804. The Morgan fingerprint density at radius 2 is 2.25 bits per heavy atom. The van der Waals surface area contributed by atoms with Gasteiger partial charge in [0.15, 0.2) is 0 Å². The van der Waals surface area contributed by atoms with E-state index in [1.54, 1.807) is 6.20 Å². The zero-order valence-corrected chi connectivity index (χ0v) is 10.0. The van der Waals surface area contributed by atoms with Gasteiger partial charge in [0.2, 0.25) is 5.91 Å². The third kappa shape index (κ3) is 3.03. The summed E-state index contributed by atoms with van der Waals surface area (Å²) < 4.78 is 0. The summed E-state index contributed by atoms with van der Waals surface area (Å²) in [7, 11) is 0. The molecule has 1 rings (SSSR count). The van der Waals surface area contributed by atoms with Gasteiger partial charge >= 0.3 is 0 Å². The normalized spacial score (nSPS) is 13.2. The number of carbonyl (C=O) groups is 1. The molecule has 0 aliphatic rings. The van der Waals surface area contributed by atoms with Crippen LogP contribution in [0.2, 0.25) is 0 Å².